The number of nitrogens with one attached hydrogen (secondary N) is 1. The van der Waals surface area contributed by atoms with Gasteiger partial charge in [-0.05, 0) is 31.5 Å². The van der Waals surface area contributed by atoms with Crippen LogP contribution in [0.15, 0.2) is 24.3 Å². The quantitative estimate of drug-likeness (QED) is 0.876. The number of nitrogens with zero attached hydrogens (tertiary/aromatic N) is 2. The van der Waals surface area contributed by atoms with Crippen LogP contribution in [0.4, 0.5) is 14.9 Å². The van der Waals surface area contributed by atoms with Gasteiger partial charge in [0.25, 0.3) is 0 Å². The molecule has 0 aromatic heterocycles. The van der Waals surface area contributed by atoms with E-state index in [1.165, 1.54) is 17.0 Å². The van der Waals surface area contributed by atoms with Crippen molar-refractivity contribution >= 4 is 17.6 Å². The summed E-state index contributed by atoms with van der Waals surface area (Å²) >= 11 is 0. The highest BCUT2D eigenvalue weighted by molar-refractivity contribution is 5.96. The number of amides is 3. The van der Waals surface area contributed by atoms with Crippen molar-refractivity contribution < 1.29 is 14.0 Å². The first-order chi connectivity index (χ1) is 11.0. The molecular weight excluding hydrogens is 297 g/mol. The molecule has 6 heteroatoms. The molecule has 2 rings (SSSR count). The molecule has 1 aromatic carbocycles. The van der Waals surface area contributed by atoms with Gasteiger partial charge in [-0.3, -0.25) is 4.79 Å². The number of benzene rings is 1. The Balaban J connectivity index is 1.95. The molecule has 1 saturated heterocycles. The Bertz CT molecular complexity index is 565. The van der Waals surface area contributed by atoms with E-state index in [1.807, 2.05) is 6.92 Å². The number of anilines is 1. The zero-order valence-corrected chi connectivity index (χ0v) is 13.7. The molecule has 0 spiro atoms. The fourth-order valence-electron chi connectivity index (χ4n) is 2.72. The summed E-state index contributed by atoms with van der Waals surface area (Å²) in [7, 11) is 0. The van der Waals surface area contributed by atoms with Crippen LogP contribution in [0.1, 0.15) is 33.1 Å². The molecule has 126 valence electrons. The Morgan fingerprint density at radius 3 is 2.87 bits per heavy atom. The number of hydrogen-bond donors (Lipinski definition) is 1. The van der Waals surface area contributed by atoms with E-state index in [-0.39, 0.29) is 30.2 Å². The monoisotopic (exact) mass is 321 g/mol. The minimum Gasteiger partial charge on any atom is -0.333 e. The standard InChI is InChI=1S/C17H24FN3O2/c1-3-5-9-20(4-2)17(23)19-14-11-16(22)21(12-14)15-8-6-7-13(18)10-15/h6-8,10,14H,3-5,9,11-12H2,1-2H3,(H,19,23)/t14-/m0/s1. The highest BCUT2D eigenvalue weighted by atomic mass is 19.1. The molecule has 1 N–H and O–H groups in total. The first kappa shape index (κ1) is 17.2. The average Bonchev–Trinajstić information content (AvgIpc) is 2.88. The lowest BCUT2D eigenvalue weighted by Gasteiger charge is -2.23. The fourth-order valence-corrected chi connectivity index (χ4v) is 2.72. The summed E-state index contributed by atoms with van der Waals surface area (Å²) in [4.78, 5) is 27.7. The molecule has 1 fully saturated rings. The van der Waals surface area contributed by atoms with Gasteiger partial charge in [0, 0.05) is 31.7 Å². The molecule has 1 aromatic rings. The molecule has 1 aliphatic rings. The van der Waals surface area contributed by atoms with Crippen molar-refractivity contribution in [1.29, 1.82) is 0 Å². The molecule has 23 heavy (non-hydrogen) atoms. The second kappa shape index (κ2) is 7.94. The Kier molecular flexibility index (Phi) is 5.96. The molecule has 0 bridgehead atoms. The lowest BCUT2D eigenvalue weighted by molar-refractivity contribution is -0.117. The zero-order valence-electron chi connectivity index (χ0n) is 13.7. The van der Waals surface area contributed by atoms with Gasteiger partial charge in [0.1, 0.15) is 5.82 Å². The van der Waals surface area contributed by atoms with Crippen LogP contribution in [0.25, 0.3) is 0 Å². The molecule has 0 radical (unpaired) electrons. The van der Waals surface area contributed by atoms with Gasteiger partial charge in [0.2, 0.25) is 5.91 Å². The van der Waals surface area contributed by atoms with Crippen molar-refractivity contribution in [2.45, 2.75) is 39.2 Å². The van der Waals surface area contributed by atoms with Crippen LogP contribution in [-0.2, 0) is 4.79 Å². The van der Waals surface area contributed by atoms with Gasteiger partial charge in [0.15, 0.2) is 0 Å². The van der Waals surface area contributed by atoms with E-state index in [2.05, 4.69) is 12.2 Å². The van der Waals surface area contributed by atoms with E-state index < -0.39 is 0 Å². The van der Waals surface area contributed by atoms with Crippen LogP contribution >= 0.6 is 0 Å². The molecule has 0 unspecified atom stereocenters. The average molecular weight is 321 g/mol. The topological polar surface area (TPSA) is 52.7 Å². The maximum absolute atomic E-state index is 13.3. The Morgan fingerprint density at radius 2 is 2.22 bits per heavy atom. The Hall–Kier alpha value is -2.11. The SMILES string of the molecule is CCCCN(CC)C(=O)N[C@H]1CC(=O)N(c2cccc(F)c2)C1. The Labute approximate surface area is 136 Å². The minimum atomic E-state index is -0.375. The third-order valence-corrected chi connectivity index (χ3v) is 4.02. The maximum atomic E-state index is 13.3. The lowest BCUT2D eigenvalue weighted by Crippen LogP contribution is -2.46. The van der Waals surface area contributed by atoms with Crippen LogP contribution in [-0.4, -0.2) is 42.5 Å². The molecule has 1 aliphatic heterocycles. The van der Waals surface area contributed by atoms with E-state index in [0.717, 1.165) is 12.8 Å². The van der Waals surface area contributed by atoms with Crippen molar-refractivity contribution in [3.63, 3.8) is 0 Å². The summed E-state index contributed by atoms with van der Waals surface area (Å²) in [6, 6.07) is 5.57. The highest BCUT2D eigenvalue weighted by Crippen LogP contribution is 2.22. The minimum absolute atomic E-state index is 0.0995. The Morgan fingerprint density at radius 1 is 1.43 bits per heavy atom. The van der Waals surface area contributed by atoms with Crippen molar-refractivity contribution in [2.24, 2.45) is 0 Å². The van der Waals surface area contributed by atoms with Gasteiger partial charge >= 0.3 is 6.03 Å². The van der Waals surface area contributed by atoms with Crippen LogP contribution in [0, 0.1) is 5.82 Å². The van der Waals surface area contributed by atoms with E-state index in [1.54, 1.807) is 17.0 Å². The zero-order chi connectivity index (χ0) is 16.8. The fraction of sp³-hybridized carbons (Fsp3) is 0.529. The smallest absolute Gasteiger partial charge is 0.317 e. The van der Waals surface area contributed by atoms with Crippen LogP contribution in [0.2, 0.25) is 0 Å². The van der Waals surface area contributed by atoms with Gasteiger partial charge in [-0.2, -0.15) is 0 Å². The number of halogens is 1. The molecule has 0 saturated carbocycles. The normalized spacial score (nSPS) is 17.4. The van der Waals surface area contributed by atoms with E-state index in [4.69, 9.17) is 0 Å². The van der Waals surface area contributed by atoms with Crippen molar-refractivity contribution in [3.8, 4) is 0 Å². The van der Waals surface area contributed by atoms with Gasteiger partial charge in [-0.1, -0.05) is 19.4 Å². The lowest BCUT2D eigenvalue weighted by atomic mass is 10.2. The number of unbranched alkanes of at least 4 members (excludes halogenated alkanes) is 1. The predicted molar refractivity (Wildman–Crippen MR) is 87.8 cm³/mol. The van der Waals surface area contributed by atoms with E-state index in [9.17, 15) is 14.0 Å². The molecule has 5 nitrogen and oxygen atoms in total. The second-order valence-electron chi connectivity index (χ2n) is 5.77. The molecule has 1 atom stereocenters. The third-order valence-electron chi connectivity index (χ3n) is 4.02. The van der Waals surface area contributed by atoms with E-state index in [0.29, 0.717) is 25.3 Å². The van der Waals surface area contributed by atoms with Crippen molar-refractivity contribution in [2.75, 3.05) is 24.5 Å². The van der Waals surface area contributed by atoms with Gasteiger partial charge in [-0.25, -0.2) is 9.18 Å². The second-order valence-corrected chi connectivity index (χ2v) is 5.77. The van der Waals surface area contributed by atoms with Crippen molar-refractivity contribution in [3.05, 3.63) is 30.1 Å². The molecular formula is C17H24FN3O2. The van der Waals surface area contributed by atoms with Crippen LogP contribution in [0.3, 0.4) is 0 Å². The first-order valence-electron chi connectivity index (χ1n) is 8.16. The van der Waals surface area contributed by atoms with Crippen molar-refractivity contribution in [1.82, 2.24) is 10.2 Å². The summed E-state index contributed by atoms with van der Waals surface area (Å²) in [6.45, 7) is 5.75. The van der Waals surface area contributed by atoms with Crippen LogP contribution in [0.5, 0.6) is 0 Å². The largest absolute Gasteiger partial charge is 0.333 e. The number of rotatable bonds is 6. The third kappa shape index (κ3) is 4.43. The molecule has 0 aliphatic carbocycles. The van der Waals surface area contributed by atoms with Gasteiger partial charge in [-0.15, -0.1) is 0 Å². The summed E-state index contributed by atoms with van der Waals surface area (Å²) < 4.78 is 13.3. The van der Waals surface area contributed by atoms with Crippen LogP contribution < -0.4 is 10.2 Å². The van der Waals surface area contributed by atoms with E-state index >= 15 is 0 Å². The first-order valence-corrected chi connectivity index (χ1v) is 8.16. The predicted octanol–water partition coefficient (Wildman–Crippen LogP) is 2.76. The number of carbonyl (C=O) groups excluding carboxylic acids is 2. The van der Waals surface area contributed by atoms with Gasteiger partial charge in [0.05, 0.1) is 6.04 Å². The summed E-state index contributed by atoms with van der Waals surface area (Å²) in [5.41, 5.74) is 0.532. The summed E-state index contributed by atoms with van der Waals surface area (Å²) in [6.07, 6.45) is 2.23. The molecule has 1 heterocycles. The maximum Gasteiger partial charge on any atom is 0.317 e. The molecule has 3 amide bonds. The highest BCUT2D eigenvalue weighted by Gasteiger charge is 2.32. The van der Waals surface area contributed by atoms with Gasteiger partial charge < -0.3 is 15.1 Å². The number of hydrogen-bond acceptors (Lipinski definition) is 2. The number of carbonyl (C=O) groups is 2. The summed E-state index contributed by atoms with van der Waals surface area (Å²) in [5.74, 6) is -0.475. The number of urea groups is 1. The summed E-state index contributed by atoms with van der Waals surface area (Å²) in [5, 5.41) is 2.91.